The average molecular weight is 262 g/mol. The van der Waals surface area contributed by atoms with Gasteiger partial charge in [0.05, 0.1) is 5.52 Å². The zero-order chi connectivity index (χ0) is 14.1. The fourth-order valence-corrected chi connectivity index (χ4v) is 2.44. The molecule has 0 atom stereocenters. The minimum atomic E-state index is 1.02. The lowest BCUT2D eigenvalue weighted by atomic mass is 10.1. The van der Waals surface area contributed by atoms with Crippen LogP contribution >= 0.6 is 0 Å². The molecule has 0 bridgehead atoms. The smallest absolute Gasteiger partial charge is 0.0726 e. The van der Waals surface area contributed by atoms with E-state index in [1.165, 1.54) is 11.1 Å². The van der Waals surface area contributed by atoms with Crippen molar-refractivity contribution in [3.05, 3.63) is 65.4 Å². The number of hydrogen-bond donors (Lipinski definition) is 1. The topological polar surface area (TPSA) is 24.9 Å². The van der Waals surface area contributed by atoms with Crippen LogP contribution in [0.2, 0.25) is 0 Å². The molecule has 0 fully saturated rings. The lowest BCUT2D eigenvalue weighted by Gasteiger charge is -2.14. The van der Waals surface area contributed by atoms with E-state index >= 15 is 0 Å². The first-order chi connectivity index (χ1) is 9.65. The van der Waals surface area contributed by atoms with Crippen LogP contribution in [0.1, 0.15) is 16.8 Å². The van der Waals surface area contributed by atoms with Crippen molar-refractivity contribution in [3.63, 3.8) is 0 Å². The fraction of sp³-hybridized carbons (Fsp3) is 0.167. The van der Waals surface area contributed by atoms with Crippen molar-refractivity contribution < 1.29 is 0 Å². The van der Waals surface area contributed by atoms with Crippen molar-refractivity contribution in [1.82, 2.24) is 4.98 Å². The summed E-state index contributed by atoms with van der Waals surface area (Å²) in [5.74, 6) is 0. The summed E-state index contributed by atoms with van der Waals surface area (Å²) < 4.78 is 0. The summed E-state index contributed by atoms with van der Waals surface area (Å²) in [5.41, 5.74) is 6.90. The Bertz CT molecular complexity index is 775. The molecule has 0 saturated carbocycles. The third kappa shape index (κ3) is 2.25. The number of nitrogens with one attached hydrogen (secondary N) is 1. The molecule has 2 heteroatoms. The second-order valence-electron chi connectivity index (χ2n) is 5.20. The van der Waals surface area contributed by atoms with Gasteiger partial charge < -0.3 is 5.32 Å². The molecule has 1 heterocycles. The van der Waals surface area contributed by atoms with Crippen LogP contribution < -0.4 is 5.32 Å². The number of para-hydroxylation sites is 1. The lowest BCUT2D eigenvalue weighted by molar-refractivity contribution is 1.25. The number of benzene rings is 2. The van der Waals surface area contributed by atoms with Crippen LogP contribution in [0.25, 0.3) is 10.9 Å². The van der Waals surface area contributed by atoms with Crippen molar-refractivity contribution in [1.29, 1.82) is 0 Å². The molecule has 0 spiro atoms. The summed E-state index contributed by atoms with van der Waals surface area (Å²) in [4.78, 5) is 4.58. The predicted octanol–water partition coefficient (Wildman–Crippen LogP) is 4.90. The van der Waals surface area contributed by atoms with Crippen LogP contribution in [0.3, 0.4) is 0 Å². The Morgan fingerprint density at radius 1 is 0.850 bits per heavy atom. The Hall–Kier alpha value is -2.35. The number of rotatable bonds is 2. The van der Waals surface area contributed by atoms with Gasteiger partial charge in [-0.1, -0.05) is 30.3 Å². The van der Waals surface area contributed by atoms with Crippen LogP contribution in [0, 0.1) is 20.8 Å². The van der Waals surface area contributed by atoms with Gasteiger partial charge in [0.2, 0.25) is 0 Å². The van der Waals surface area contributed by atoms with E-state index in [-0.39, 0.29) is 0 Å². The van der Waals surface area contributed by atoms with Crippen LogP contribution in [0.4, 0.5) is 11.4 Å². The van der Waals surface area contributed by atoms with E-state index in [0.29, 0.717) is 0 Å². The van der Waals surface area contributed by atoms with Crippen molar-refractivity contribution in [2.75, 3.05) is 5.32 Å². The SMILES string of the molecule is Cc1cc(Nc2cccc(C)c2C)c2ccccc2n1. The molecular formula is C18H18N2. The number of hydrogen-bond acceptors (Lipinski definition) is 2. The Morgan fingerprint density at radius 3 is 2.50 bits per heavy atom. The van der Waals surface area contributed by atoms with Gasteiger partial charge in [0.1, 0.15) is 0 Å². The molecule has 1 N–H and O–H groups in total. The molecule has 20 heavy (non-hydrogen) atoms. The molecule has 0 aliphatic carbocycles. The molecule has 0 radical (unpaired) electrons. The molecule has 0 amide bonds. The normalized spacial score (nSPS) is 10.8. The molecule has 3 aromatic rings. The third-order valence-electron chi connectivity index (χ3n) is 3.72. The highest BCUT2D eigenvalue weighted by atomic mass is 14.9. The first-order valence-corrected chi connectivity index (χ1v) is 6.85. The van der Waals surface area contributed by atoms with Gasteiger partial charge >= 0.3 is 0 Å². The fourth-order valence-electron chi connectivity index (χ4n) is 2.44. The van der Waals surface area contributed by atoms with E-state index < -0.39 is 0 Å². The van der Waals surface area contributed by atoms with Gasteiger partial charge in [-0.3, -0.25) is 4.98 Å². The minimum absolute atomic E-state index is 1.02. The number of aryl methyl sites for hydroxylation is 2. The van der Waals surface area contributed by atoms with Gasteiger partial charge in [-0.05, 0) is 50.1 Å². The van der Waals surface area contributed by atoms with Gasteiger partial charge in [-0.15, -0.1) is 0 Å². The number of fused-ring (bicyclic) bond motifs is 1. The standard InChI is InChI=1S/C18H18N2/c1-12-7-6-10-16(14(12)3)20-18-11-13(2)19-17-9-5-4-8-15(17)18/h4-11H,1-3H3,(H,19,20). The lowest BCUT2D eigenvalue weighted by Crippen LogP contribution is -1.97. The summed E-state index contributed by atoms with van der Waals surface area (Å²) >= 11 is 0. The van der Waals surface area contributed by atoms with Gasteiger partial charge in [0.25, 0.3) is 0 Å². The summed E-state index contributed by atoms with van der Waals surface area (Å²) in [6.45, 7) is 6.31. The molecule has 2 nitrogen and oxygen atoms in total. The van der Waals surface area contributed by atoms with Crippen molar-refractivity contribution in [2.24, 2.45) is 0 Å². The second kappa shape index (κ2) is 4.97. The first kappa shape index (κ1) is 12.7. The van der Waals surface area contributed by atoms with Crippen LogP contribution in [0.15, 0.2) is 48.5 Å². The summed E-state index contributed by atoms with van der Waals surface area (Å²) in [5, 5.41) is 4.71. The number of aromatic nitrogens is 1. The average Bonchev–Trinajstić information content (AvgIpc) is 2.43. The van der Waals surface area contributed by atoms with Gasteiger partial charge in [-0.2, -0.15) is 0 Å². The van der Waals surface area contributed by atoms with E-state index in [2.05, 4.69) is 60.5 Å². The van der Waals surface area contributed by atoms with E-state index in [4.69, 9.17) is 0 Å². The maximum Gasteiger partial charge on any atom is 0.0726 e. The minimum Gasteiger partial charge on any atom is -0.355 e. The van der Waals surface area contributed by atoms with Gasteiger partial charge in [0, 0.05) is 22.5 Å². The third-order valence-corrected chi connectivity index (χ3v) is 3.72. The highest BCUT2D eigenvalue weighted by Gasteiger charge is 2.06. The second-order valence-corrected chi connectivity index (χ2v) is 5.20. The molecule has 0 saturated heterocycles. The molecule has 1 aromatic heterocycles. The molecule has 3 rings (SSSR count). The van der Waals surface area contributed by atoms with Crippen LogP contribution in [-0.4, -0.2) is 4.98 Å². The Morgan fingerprint density at radius 2 is 1.65 bits per heavy atom. The van der Waals surface area contributed by atoms with E-state index in [1.807, 2.05) is 19.1 Å². The van der Waals surface area contributed by atoms with Crippen LogP contribution in [-0.2, 0) is 0 Å². The number of pyridine rings is 1. The summed E-state index contributed by atoms with van der Waals surface area (Å²) in [7, 11) is 0. The molecule has 0 aliphatic rings. The maximum absolute atomic E-state index is 4.58. The molecule has 0 aliphatic heterocycles. The molecule has 100 valence electrons. The van der Waals surface area contributed by atoms with Gasteiger partial charge in [0.15, 0.2) is 0 Å². The van der Waals surface area contributed by atoms with Crippen LogP contribution in [0.5, 0.6) is 0 Å². The number of anilines is 2. The largest absolute Gasteiger partial charge is 0.355 e. The number of nitrogens with zero attached hydrogens (tertiary/aromatic N) is 1. The zero-order valence-corrected chi connectivity index (χ0v) is 12.1. The maximum atomic E-state index is 4.58. The molecule has 2 aromatic carbocycles. The Balaban J connectivity index is 2.13. The van der Waals surface area contributed by atoms with E-state index in [9.17, 15) is 0 Å². The van der Waals surface area contributed by atoms with E-state index in [1.54, 1.807) is 0 Å². The zero-order valence-electron chi connectivity index (χ0n) is 12.1. The van der Waals surface area contributed by atoms with Crippen molar-refractivity contribution >= 4 is 22.3 Å². The first-order valence-electron chi connectivity index (χ1n) is 6.85. The predicted molar refractivity (Wildman–Crippen MR) is 85.7 cm³/mol. The summed E-state index contributed by atoms with van der Waals surface area (Å²) in [6.07, 6.45) is 0. The Kier molecular flexibility index (Phi) is 3.15. The van der Waals surface area contributed by atoms with Crippen molar-refractivity contribution in [2.45, 2.75) is 20.8 Å². The highest BCUT2D eigenvalue weighted by molar-refractivity contribution is 5.93. The monoisotopic (exact) mass is 262 g/mol. The highest BCUT2D eigenvalue weighted by Crippen LogP contribution is 2.28. The van der Waals surface area contributed by atoms with E-state index in [0.717, 1.165) is 28.0 Å². The molecule has 0 unspecified atom stereocenters. The quantitative estimate of drug-likeness (QED) is 0.710. The summed E-state index contributed by atoms with van der Waals surface area (Å²) in [6, 6.07) is 16.7. The van der Waals surface area contributed by atoms with Gasteiger partial charge in [-0.25, -0.2) is 0 Å². The Labute approximate surface area is 119 Å². The molecular weight excluding hydrogens is 244 g/mol. The van der Waals surface area contributed by atoms with Crippen molar-refractivity contribution in [3.8, 4) is 0 Å².